The van der Waals surface area contributed by atoms with Crippen molar-refractivity contribution in [2.75, 3.05) is 25.6 Å². The molecule has 4 heterocycles. The van der Waals surface area contributed by atoms with Crippen LogP contribution in [0, 0.1) is 18.3 Å². The molecule has 1 aliphatic rings. The Morgan fingerprint density at radius 3 is 2.77 bits per heavy atom. The van der Waals surface area contributed by atoms with Gasteiger partial charge in [-0.25, -0.2) is 9.97 Å². The second-order valence-corrected chi connectivity index (χ2v) is 9.30. The number of nitrogens with one attached hydrogen (secondary N) is 1. The number of carbonyl (C=O) groups excluding carboxylic acids is 1. The van der Waals surface area contributed by atoms with Gasteiger partial charge in [0.05, 0.1) is 24.3 Å². The van der Waals surface area contributed by atoms with Crippen LogP contribution in [0.2, 0.25) is 0 Å². The molecule has 35 heavy (non-hydrogen) atoms. The molecule has 0 atom stereocenters. The van der Waals surface area contributed by atoms with Crippen molar-refractivity contribution in [1.82, 2.24) is 15.0 Å². The number of hydrogen-bond donors (Lipinski definition) is 1. The second-order valence-electron chi connectivity index (χ2n) is 8.32. The number of aromatic nitrogens is 3. The number of benzene rings is 1. The van der Waals surface area contributed by atoms with Crippen LogP contribution < -0.4 is 10.1 Å². The zero-order chi connectivity index (χ0) is 24.4. The van der Waals surface area contributed by atoms with Crippen molar-refractivity contribution in [3.63, 3.8) is 0 Å². The summed E-state index contributed by atoms with van der Waals surface area (Å²) in [5, 5.41) is 12.7. The zero-order valence-electron chi connectivity index (χ0n) is 19.4. The molecule has 0 radical (unpaired) electrons. The number of methoxy groups -OCH3 is 1. The largest absolute Gasteiger partial charge is 0.496 e. The van der Waals surface area contributed by atoms with Gasteiger partial charge in [0.25, 0.3) is 5.91 Å². The van der Waals surface area contributed by atoms with Crippen molar-refractivity contribution in [3.05, 3.63) is 65.1 Å². The van der Waals surface area contributed by atoms with E-state index in [0.717, 1.165) is 47.8 Å². The van der Waals surface area contributed by atoms with Crippen LogP contribution in [-0.2, 0) is 4.74 Å². The van der Waals surface area contributed by atoms with Gasteiger partial charge in [-0.2, -0.15) is 5.26 Å². The smallest absolute Gasteiger partial charge is 0.259 e. The first-order chi connectivity index (χ1) is 17.1. The number of amides is 1. The molecule has 0 spiro atoms. The Bertz CT molecular complexity index is 1450. The fraction of sp³-hybridized carbons (Fsp3) is 0.269. The highest BCUT2D eigenvalue weighted by atomic mass is 32.1. The fourth-order valence-corrected chi connectivity index (χ4v) is 5.06. The Balaban J connectivity index is 1.46. The summed E-state index contributed by atoms with van der Waals surface area (Å²) < 4.78 is 11.0. The van der Waals surface area contributed by atoms with E-state index in [-0.39, 0.29) is 5.91 Å². The molecule has 1 fully saturated rings. The van der Waals surface area contributed by atoms with Crippen molar-refractivity contribution < 1.29 is 14.3 Å². The Morgan fingerprint density at radius 2 is 2.00 bits per heavy atom. The molecular formula is C26H23N5O3S. The zero-order valence-corrected chi connectivity index (χ0v) is 20.2. The monoisotopic (exact) mass is 485 g/mol. The van der Waals surface area contributed by atoms with E-state index in [2.05, 4.69) is 21.4 Å². The Kier molecular flexibility index (Phi) is 6.40. The van der Waals surface area contributed by atoms with E-state index in [0.29, 0.717) is 39.1 Å². The van der Waals surface area contributed by atoms with Crippen LogP contribution in [-0.4, -0.2) is 41.2 Å². The van der Waals surface area contributed by atoms with Gasteiger partial charge in [0, 0.05) is 47.8 Å². The lowest BCUT2D eigenvalue weighted by molar-refractivity contribution is 0.0846. The van der Waals surface area contributed by atoms with Crippen LogP contribution in [0.25, 0.3) is 21.5 Å². The van der Waals surface area contributed by atoms with Gasteiger partial charge in [-0.1, -0.05) is 11.3 Å². The van der Waals surface area contributed by atoms with Gasteiger partial charge in [-0.05, 0) is 56.2 Å². The SMILES string of the molecule is COc1ccc(C#N)cc1-c1cc(C)ncc1C(=O)Nc1nc2ccc(C3CCOCC3)nc2s1. The van der Waals surface area contributed by atoms with E-state index < -0.39 is 0 Å². The minimum absolute atomic E-state index is 0.347. The number of hydrogen-bond acceptors (Lipinski definition) is 8. The highest BCUT2D eigenvalue weighted by Crippen LogP contribution is 2.35. The van der Waals surface area contributed by atoms with Crippen LogP contribution in [0.15, 0.2) is 42.6 Å². The molecule has 5 rings (SSSR count). The molecule has 9 heteroatoms. The quantitative estimate of drug-likeness (QED) is 0.419. The van der Waals surface area contributed by atoms with Crippen molar-refractivity contribution in [1.29, 1.82) is 5.26 Å². The van der Waals surface area contributed by atoms with Gasteiger partial charge < -0.3 is 9.47 Å². The first-order valence-electron chi connectivity index (χ1n) is 11.3. The van der Waals surface area contributed by atoms with Gasteiger partial charge in [0.15, 0.2) is 5.13 Å². The second kappa shape index (κ2) is 9.78. The van der Waals surface area contributed by atoms with Crippen LogP contribution in [0.1, 0.15) is 46.1 Å². The van der Waals surface area contributed by atoms with Crippen LogP contribution in [0.5, 0.6) is 5.75 Å². The normalized spacial score (nSPS) is 14.0. The van der Waals surface area contributed by atoms with Crippen LogP contribution in [0.4, 0.5) is 5.13 Å². The Labute approximate surface area is 206 Å². The van der Waals surface area contributed by atoms with E-state index >= 15 is 0 Å². The molecule has 8 nitrogen and oxygen atoms in total. The lowest BCUT2D eigenvalue weighted by Crippen LogP contribution is -2.14. The predicted molar refractivity (Wildman–Crippen MR) is 134 cm³/mol. The van der Waals surface area contributed by atoms with Gasteiger partial charge in [-0.3, -0.25) is 15.1 Å². The van der Waals surface area contributed by atoms with Crippen molar-refractivity contribution >= 4 is 32.7 Å². The number of pyridine rings is 2. The van der Waals surface area contributed by atoms with Crippen molar-refractivity contribution in [3.8, 4) is 22.9 Å². The molecule has 176 valence electrons. The molecule has 1 amide bonds. The summed E-state index contributed by atoms with van der Waals surface area (Å²) >= 11 is 1.34. The van der Waals surface area contributed by atoms with Gasteiger partial charge in [0.1, 0.15) is 16.1 Å². The maximum Gasteiger partial charge on any atom is 0.259 e. The van der Waals surface area contributed by atoms with E-state index in [1.807, 2.05) is 25.1 Å². The molecule has 4 aromatic rings. The number of carbonyl (C=O) groups is 1. The summed E-state index contributed by atoms with van der Waals surface area (Å²) in [5.74, 6) is 0.600. The minimum atomic E-state index is -0.347. The molecule has 1 aromatic carbocycles. The molecule has 0 bridgehead atoms. The average molecular weight is 486 g/mol. The number of anilines is 1. The maximum atomic E-state index is 13.3. The molecule has 0 unspecified atom stereocenters. The van der Waals surface area contributed by atoms with Crippen molar-refractivity contribution in [2.45, 2.75) is 25.7 Å². The summed E-state index contributed by atoms with van der Waals surface area (Å²) in [6.07, 6.45) is 3.45. The van der Waals surface area contributed by atoms with Crippen LogP contribution >= 0.6 is 11.3 Å². The van der Waals surface area contributed by atoms with E-state index in [9.17, 15) is 10.1 Å². The highest BCUT2D eigenvalue weighted by Gasteiger charge is 2.21. The minimum Gasteiger partial charge on any atom is -0.496 e. The number of nitriles is 1. The number of ether oxygens (including phenoxy) is 2. The third kappa shape index (κ3) is 4.71. The number of fused-ring (bicyclic) bond motifs is 1. The molecule has 3 aromatic heterocycles. The van der Waals surface area contributed by atoms with Crippen LogP contribution in [0.3, 0.4) is 0 Å². The Morgan fingerprint density at radius 1 is 1.17 bits per heavy atom. The van der Waals surface area contributed by atoms with Gasteiger partial charge in [-0.15, -0.1) is 0 Å². The van der Waals surface area contributed by atoms with Gasteiger partial charge in [0.2, 0.25) is 0 Å². The fourth-order valence-electron chi connectivity index (χ4n) is 4.22. The maximum absolute atomic E-state index is 13.3. The van der Waals surface area contributed by atoms with Gasteiger partial charge >= 0.3 is 0 Å². The number of rotatable bonds is 5. The first kappa shape index (κ1) is 22.9. The van der Waals surface area contributed by atoms with E-state index in [1.165, 1.54) is 17.5 Å². The number of thiazole rings is 1. The number of nitrogens with zero attached hydrogens (tertiary/aromatic N) is 4. The summed E-state index contributed by atoms with van der Waals surface area (Å²) in [7, 11) is 1.56. The Hall–Kier alpha value is -3.87. The molecule has 1 saturated heterocycles. The molecule has 1 N–H and O–H groups in total. The standard InChI is InChI=1S/C26H23N5O3S/c1-15-11-18(19-12-16(13-27)3-6-23(19)33-2)20(14-28-15)24(32)31-26-30-22-5-4-21(29-25(22)35-26)17-7-9-34-10-8-17/h3-6,11-12,14,17H,7-10H2,1-2H3,(H,30,31,32). The highest BCUT2D eigenvalue weighted by molar-refractivity contribution is 7.22. The van der Waals surface area contributed by atoms with E-state index in [4.69, 9.17) is 14.5 Å². The lowest BCUT2D eigenvalue weighted by Gasteiger charge is -2.21. The average Bonchev–Trinajstić information content (AvgIpc) is 3.30. The third-order valence-corrected chi connectivity index (χ3v) is 6.92. The summed E-state index contributed by atoms with van der Waals surface area (Å²) in [5.41, 5.74) is 4.63. The molecule has 1 aliphatic heterocycles. The first-order valence-corrected chi connectivity index (χ1v) is 12.1. The molecular weight excluding hydrogens is 462 g/mol. The summed E-state index contributed by atoms with van der Waals surface area (Å²) in [6, 6.07) is 13.0. The topological polar surface area (TPSA) is 110 Å². The summed E-state index contributed by atoms with van der Waals surface area (Å²) in [4.78, 5) is 27.8. The summed E-state index contributed by atoms with van der Waals surface area (Å²) in [6.45, 7) is 3.35. The third-order valence-electron chi connectivity index (χ3n) is 6.04. The van der Waals surface area contributed by atoms with Crippen molar-refractivity contribution in [2.24, 2.45) is 0 Å². The molecule has 0 saturated carbocycles. The predicted octanol–water partition coefficient (Wildman–Crippen LogP) is 5.09. The number of aryl methyl sites for hydroxylation is 1. The van der Waals surface area contributed by atoms with E-state index in [1.54, 1.807) is 25.3 Å². The lowest BCUT2D eigenvalue weighted by atomic mass is 9.96. The molecule has 0 aliphatic carbocycles.